The van der Waals surface area contributed by atoms with Crippen molar-refractivity contribution in [3.8, 4) is 0 Å². The minimum atomic E-state index is -0.970. The number of anilines is 1. The molecule has 2 aromatic carbocycles. The van der Waals surface area contributed by atoms with Gasteiger partial charge >= 0.3 is 5.97 Å². The summed E-state index contributed by atoms with van der Waals surface area (Å²) in [5.41, 5.74) is 3.37. The van der Waals surface area contributed by atoms with Crippen LogP contribution in [0.4, 0.5) is 5.69 Å². The van der Waals surface area contributed by atoms with E-state index in [4.69, 9.17) is 16.7 Å². The highest BCUT2D eigenvalue weighted by atomic mass is 35.5. The third kappa shape index (κ3) is 5.49. The normalized spacial score (nSPS) is 14.0. The molecule has 1 saturated heterocycles. The second-order valence-electron chi connectivity index (χ2n) is 7.10. The van der Waals surface area contributed by atoms with Crippen LogP contribution in [0.25, 0.3) is 0 Å². The van der Waals surface area contributed by atoms with Gasteiger partial charge in [-0.1, -0.05) is 23.7 Å². The molecule has 1 amide bonds. The van der Waals surface area contributed by atoms with Crippen molar-refractivity contribution in [1.82, 2.24) is 5.32 Å². The molecule has 28 heavy (non-hydrogen) atoms. The Kier molecular flexibility index (Phi) is 6.93. The Bertz CT molecular complexity index is 830. The van der Waals surface area contributed by atoms with Crippen molar-refractivity contribution in [3.63, 3.8) is 0 Å². The number of hydrogen-bond acceptors (Lipinski definition) is 3. The maximum absolute atomic E-state index is 12.2. The predicted octanol–water partition coefficient (Wildman–Crippen LogP) is 3.93. The molecule has 0 aliphatic carbocycles. The van der Waals surface area contributed by atoms with Gasteiger partial charge in [0.1, 0.15) is 0 Å². The number of nitrogens with zero attached hydrogens (tertiary/aromatic N) is 1. The molecular formula is C22H25ClN2O3. The van der Waals surface area contributed by atoms with Crippen molar-refractivity contribution in [3.05, 3.63) is 64.2 Å². The molecule has 0 spiro atoms. The van der Waals surface area contributed by atoms with Gasteiger partial charge in [0.25, 0.3) is 0 Å². The molecule has 1 aliphatic rings. The third-order valence-corrected chi connectivity index (χ3v) is 5.26. The van der Waals surface area contributed by atoms with Crippen LogP contribution >= 0.6 is 11.6 Å². The van der Waals surface area contributed by atoms with E-state index in [1.54, 1.807) is 12.1 Å². The van der Waals surface area contributed by atoms with Gasteiger partial charge in [-0.05, 0) is 67.1 Å². The number of carbonyl (C=O) groups is 2. The first-order valence-corrected chi connectivity index (χ1v) is 10.0. The Hall–Kier alpha value is -2.53. The SMILES string of the molecule is O=C(Cc1ccc(C(=O)O)cc1)NCCc1cc(Cl)ccc1N1CCCCC1. The molecule has 2 aromatic rings. The molecule has 0 saturated carbocycles. The van der Waals surface area contributed by atoms with Crippen LogP contribution in [0.1, 0.15) is 40.7 Å². The van der Waals surface area contributed by atoms with Gasteiger partial charge in [0.05, 0.1) is 12.0 Å². The Morgan fingerprint density at radius 2 is 1.75 bits per heavy atom. The number of piperidine rings is 1. The molecule has 1 aliphatic heterocycles. The van der Waals surface area contributed by atoms with Crippen LogP contribution in [-0.4, -0.2) is 36.6 Å². The van der Waals surface area contributed by atoms with Gasteiger partial charge in [0, 0.05) is 30.3 Å². The fourth-order valence-corrected chi connectivity index (χ4v) is 3.74. The number of hydrogen-bond donors (Lipinski definition) is 2. The molecule has 0 radical (unpaired) electrons. The maximum Gasteiger partial charge on any atom is 0.335 e. The molecule has 1 fully saturated rings. The van der Waals surface area contributed by atoms with E-state index in [0.717, 1.165) is 30.6 Å². The van der Waals surface area contributed by atoms with Gasteiger partial charge in [-0.2, -0.15) is 0 Å². The van der Waals surface area contributed by atoms with Crippen LogP contribution in [0.3, 0.4) is 0 Å². The van der Waals surface area contributed by atoms with Gasteiger partial charge in [0.2, 0.25) is 5.91 Å². The fourth-order valence-electron chi connectivity index (χ4n) is 3.55. The number of nitrogens with one attached hydrogen (secondary N) is 1. The van der Waals surface area contributed by atoms with Crippen LogP contribution in [0.15, 0.2) is 42.5 Å². The number of benzene rings is 2. The summed E-state index contributed by atoms with van der Waals surface area (Å²) in [4.78, 5) is 25.5. The number of carboxylic acid groups (broad SMARTS) is 1. The van der Waals surface area contributed by atoms with E-state index < -0.39 is 5.97 Å². The van der Waals surface area contributed by atoms with Crippen LogP contribution in [0.5, 0.6) is 0 Å². The van der Waals surface area contributed by atoms with E-state index in [2.05, 4.69) is 16.3 Å². The molecular weight excluding hydrogens is 376 g/mol. The highest BCUT2D eigenvalue weighted by molar-refractivity contribution is 6.30. The smallest absolute Gasteiger partial charge is 0.335 e. The lowest BCUT2D eigenvalue weighted by molar-refractivity contribution is -0.120. The molecule has 0 bridgehead atoms. The molecule has 2 N–H and O–H groups in total. The zero-order valence-corrected chi connectivity index (χ0v) is 16.5. The van der Waals surface area contributed by atoms with E-state index in [9.17, 15) is 9.59 Å². The van der Waals surface area contributed by atoms with Gasteiger partial charge in [0.15, 0.2) is 0 Å². The van der Waals surface area contributed by atoms with E-state index in [1.165, 1.54) is 37.1 Å². The minimum Gasteiger partial charge on any atom is -0.478 e. The Morgan fingerprint density at radius 3 is 2.43 bits per heavy atom. The molecule has 0 unspecified atom stereocenters. The summed E-state index contributed by atoms with van der Waals surface area (Å²) in [6.45, 7) is 2.66. The summed E-state index contributed by atoms with van der Waals surface area (Å²) in [5.74, 6) is -1.05. The van der Waals surface area contributed by atoms with Crippen molar-refractivity contribution >= 4 is 29.2 Å². The molecule has 1 heterocycles. The van der Waals surface area contributed by atoms with Crippen molar-refractivity contribution < 1.29 is 14.7 Å². The fraction of sp³-hybridized carbons (Fsp3) is 0.364. The minimum absolute atomic E-state index is 0.0791. The lowest BCUT2D eigenvalue weighted by Crippen LogP contribution is -2.31. The van der Waals surface area contributed by atoms with Crippen LogP contribution in [0, 0.1) is 0 Å². The van der Waals surface area contributed by atoms with Gasteiger partial charge in [-0.3, -0.25) is 4.79 Å². The number of carbonyl (C=O) groups excluding carboxylic acids is 1. The molecule has 5 nitrogen and oxygen atoms in total. The van der Waals surface area contributed by atoms with Gasteiger partial charge in [-0.15, -0.1) is 0 Å². The molecule has 3 rings (SSSR count). The highest BCUT2D eigenvalue weighted by Crippen LogP contribution is 2.27. The molecule has 6 heteroatoms. The lowest BCUT2D eigenvalue weighted by atomic mass is 10.0. The summed E-state index contributed by atoms with van der Waals surface area (Å²) >= 11 is 6.19. The number of amides is 1. The van der Waals surface area contributed by atoms with Crippen molar-refractivity contribution in [1.29, 1.82) is 0 Å². The van der Waals surface area contributed by atoms with Gasteiger partial charge in [-0.25, -0.2) is 4.79 Å². The summed E-state index contributed by atoms with van der Waals surface area (Å²) in [5, 5.41) is 12.6. The van der Waals surface area contributed by atoms with E-state index >= 15 is 0 Å². The maximum atomic E-state index is 12.2. The van der Waals surface area contributed by atoms with Crippen LogP contribution < -0.4 is 10.2 Å². The largest absolute Gasteiger partial charge is 0.478 e. The van der Waals surface area contributed by atoms with Crippen molar-refractivity contribution in [2.45, 2.75) is 32.1 Å². The predicted molar refractivity (Wildman–Crippen MR) is 111 cm³/mol. The molecule has 0 atom stereocenters. The quantitative estimate of drug-likeness (QED) is 0.738. The zero-order chi connectivity index (χ0) is 19.9. The van der Waals surface area contributed by atoms with E-state index in [-0.39, 0.29) is 17.9 Å². The number of rotatable bonds is 7. The first-order chi connectivity index (χ1) is 13.5. The molecule has 148 valence electrons. The third-order valence-electron chi connectivity index (χ3n) is 5.02. The number of carboxylic acids is 1. The average Bonchev–Trinajstić information content (AvgIpc) is 2.69. The first kappa shape index (κ1) is 20.2. The monoisotopic (exact) mass is 400 g/mol. The van der Waals surface area contributed by atoms with E-state index in [1.807, 2.05) is 12.1 Å². The lowest BCUT2D eigenvalue weighted by Gasteiger charge is -2.30. The van der Waals surface area contributed by atoms with Crippen molar-refractivity contribution in [2.75, 3.05) is 24.5 Å². The standard InChI is InChI=1S/C22H25ClN2O3/c23-19-8-9-20(25-12-2-1-3-13-25)18(15-19)10-11-24-21(26)14-16-4-6-17(7-5-16)22(27)28/h4-9,15H,1-3,10-14H2,(H,24,26)(H,27,28). The average molecular weight is 401 g/mol. The van der Waals surface area contributed by atoms with E-state index in [0.29, 0.717) is 11.6 Å². The summed E-state index contributed by atoms with van der Waals surface area (Å²) in [7, 11) is 0. The molecule has 0 aromatic heterocycles. The zero-order valence-electron chi connectivity index (χ0n) is 15.8. The Morgan fingerprint density at radius 1 is 1.04 bits per heavy atom. The Balaban J connectivity index is 1.54. The summed E-state index contributed by atoms with van der Waals surface area (Å²) in [6, 6.07) is 12.4. The summed E-state index contributed by atoms with van der Waals surface area (Å²) in [6.07, 6.45) is 4.65. The first-order valence-electron chi connectivity index (χ1n) is 9.65. The van der Waals surface area contributed by atoms with Gasteiger partial charge < -0.3 is 15.3 Å². The summed E-state index contributed by atoms with van der Waals surface area (Å²) < 4.78 is 0. The topological polar surface area (TPSA) is 69.6 Å². The van der Waals surface area contributed by atoms with Crippen LogP contribution in [-0.2, 0) is 17.6 Å². The Labute approximate surface area is 170 Å². The van der Waals surface area contributed by atoms with Crippen LogP contribution in [0.2, 0.25) is 5.02 Å². The highest BCUT2D eigenvalue weighted by Gasteiger charge is 2.15. The number of halogens is 1. The second kappa shape index (κ2) is 9.60. The number of aromatic carboxylic acids is 1. The van der Waals surface area contributed by atoms with Crippen molar-refractivity contribution in [2.24, 2.45) is 0 Å². The second-order valence-corrected chi connectivity index (χ2v) is 7.54.